The molecule has 20 heavy (non-hydrogen) atoms. The number of hydrogen-bond donors (Lipinski definition) is 1. The SMILES string of the molecule is CCCN(CCC)S(=O)(=O)Nc1c(C)cc(Cl)nc1Cl. The number of nitrogens with one attached hydrogen (secondary N) is 1. The first-order chi connectivity index (χ1) is 9.31. The van der Waals surface area contributed by atoms with Crippen molar-refractivity contribution in [3.8, 4) is 0 Å². The maximum absolute atomic E-state index is 12.4. The summed E-state index contributed by atoms with van der Waals surface area (Å²) in [5.74, 6) is 0. The minimum Gasteiger partial charge on any atom is -0.268 e. The Hall–Kier alpha value is -0.560. The van der Waals surface area contributed by atoms with E-state index in [1.807, 2.05) is 13.8 Å². The first-order valence-corrected chi connectivity index (χ1v) is 8.62. The molecule has 0 aliphatic carbocycles. The maximum atomic E-state index is 12.4. The molecular weight excluding hydrogens is 321 g/mol. The van der Waals surface area contributed by atoms with Gasteiger partial charge in [-0.3, -0.25) is 4.72 Å². The normalized spacial score (nSPS) is 11.9. The fraction of sp³-hybridized carbons (Fsp3) is 0.583. The van der Waals surface area contributed by atoms with Crippen LogP contribution in [0.15, 0.2) is 6.07 Å². The van der Waals surface area contributed by atoms with Crippen molar-refractivity contribution in [1.82, 2.24) is 9.29 Å². The number of anilines is 1. The Morgan fingerprint density at radius 1 is 1.25 bits per heavy atom. The average molecular weight is 340 g/mol. The molecule has 0 fully saturated rings. The number of aryl methyl sites for hydroxylation is 1. The van der Waals surface area contributed by atoms with Gasteiger partial charge >= 0.3 is 10.2 Å². The van der Waals surface area contributed by atoms with Crippen LogP contribution in [0.4, 0.5) is 5.69 Å². The van der Waals surface area contributed by atoms with Crippen LogP contribution in [-0.2, 0) is 10.2 Å². The molecule has 0 amide bonds. The molecule has 1 aromatic heterocycles. The summed E-state index contributed by atoms with van der Waals surface area (Å²) in [7, 11) is -3.64. The van der Waals surface area contributed by atoms with Crippen LogP contribution in [0.25, 0.3) is 0 Å². The second-order valence-corrected chi connectivity index (χ2v) is 6.85. The van der Waals surface area contributed by atoms with Gasteiger partial charge in [-0.15, -0.1) is 0 Å². The zero-order chi connectivity index (χ0) is 15.3. The summed E-state index contributed by atoms with van der Waals surface area (Å²) in [6, 6.07) is 1.56. The van der Waals surface area contributed by atoms with Crippen molar-refractivity contribution in [1.29, 1.82) is 0 Å². The van der Waals surface area contributed by atoms with Crippen LogP contribution in [0.5, 0.6) is 0 Å². The highest BCUT2D eigenvalue weighted by Crippen LogP contribution is 2.27. The van der Waals surface area contributed by atoms with Gasteiger partial charge in [-0.25, -0.2) is 4.98 Å². The Morgan fingerprint density at radius 3 is 2.25 bits per heavy atom. The van der Waals surface area contributed by atoms with E-state index in [0.29, 0.717) is 18.7 Å². The molecule has 0 bridgehead atoms. The quantitative estimate of drug-likeness (QED) is 0.773. The molecule has 1 N–H and O–H groups in total. The van der Waals surface area contributed by atoms with Crippen molar-refractivity contribution >= 4 is 39.1 Å². The van der Waals surface area contributed by atoms with E-state index in [1.165, 1.54) is 4.31 Å². The smallest absolute Gasteiger partial charge is 0.268 e. The Bertz CT molecular complexity index is 535. The third-order valence-electron chi connectivity index (χ3n) is 2.66. The van der Waals surface area contributed by atoms with Gasteiger partial charge in [0.15, 0.2) is 5.15 Å². The van der Waals surface area contributed by atoms with Crippen LogP contribution in [0.2, 0.25) is 10.3 Å². The first kappa shape index (κ1) is 17.5. The van der Waals surface area contributed by atoms with Gasteiger partial charge < -0.3 is 0 Å². The largest absolute Gasteiger partial charge is 0.301 e. The number of halogens is 2. The second-order valence-electron chi connectivity index (χ2n) is 4.43. The van der Waals surface area contributed by atoms with Gasteiger partial charge in [0.25, 0.3) is 0 Å². The lowest BCUT2D eigenvalue weighted by atomic mass is 10.3. The van der Waals surface area contributed by atoms with E-state index in [2.05, 4.69) is 9.71 Å². The standard InChI is InChI=1S/C12H19Cl2N3O2S/c1-4-6-17(7-5-2)20(18,19)16-11-9(3)8-10(13)15-12(11)14/h8,16H,4-7H2,1-3H3. The monoisotopic (exact) mass is 339 g/mol. The molecule has 0 atom stereocenters. The van der Waals surface area contributed by atoms with Crippen molar-refractivity contribution in [2.24, 2.45) is 0 Å². The lowest BCUT2D eigenvalue weighted by molar-refractivity contribution is 0.413. The van der Waals surface area contributed by atoms with Crippen LogP contribution in [0.3, 0.4) is 0 Å². The number of pyridine rings is 1. The summed E-state index contributed by atoms with van der Waals surface area (Å²) in [6.45, 7) is 6.50. The lowest BCUT2D eigenvalue weighted by Crippen LogP contribution is -2.37. The van der Waals surface area contributed by atoms with Gasteiger partial charge in [0.2, 0.25) is 0 Å². The number of nitrogens with zero attached hydrogens (tertiary/aromatic N) is 2. The molecule has 0 aliphatic rings. The van der Waals surface area contributed by atoms with Crippen LogP contribution >= 0.6 is 23.2 Å². The van der Waals surface area contributed by atoms with E-state index < -0.39 is 10.2 Å². The van der Waals surface area contributed by atoms with Crippen LogP contribution < -0.4 is 4.72 Å². The molecule has 0 spiro atoms. The molecular formula is C12H19Cl2N3O2S. The van der Waals surface area contributed by atoms with Crippen LogP contribution in [0, 0.1) is 6.92 Å². The third kappa shape index (κ3) is 4.48. The third-order valence-corrected chi connectivity index (χ3v) is 4.63. The summed E-state index contributed by atoms with van der Waals surface area (Å²) in [6.07, 6.45) is 1.49. The molecule has 1 rings (SSSR count). The highest BCUT2D eigenvalue weighted by atomic mass is 35.5. The molecule has 0 aromatic carbocycles. The van der Waals surface area contributed by atoms with Crippen molar-refractivity contribution in [2.45, 2.75) is 33.6 Å². The topological polar surface area (TPSA) is 62.3 Å². The van der Waals surface area contributed by atoms with Gasteiger partial charge in [-0.1, -0.05) is 37.0 Å². The van der Waals surface area contributed by atoms with Gasteiger partial charge in [0.1, 0.15) is 5.15 Å². The van der Waals surface area contributed by atoms with E-state index in [9.17, 15) is 8.42 Å². The molecule has 0 aliphatic heterocycles. The second kappa shape index (κ2) is 7.45. The zero-order valence-electron chi connectivity index (χ0n) is 11.8. The summed E-state index contributed by atoms with van der Waals surface area (Å²) in [5, 5.41) is 0.279. The van der Waals surface area contributed by atoms with Gasteiger partial charge in [0.05, 0.1) is 5.69 Å². The zero-order valence-corrected chi connectivity index (χ0v) is 14.1. The molecule has 0 radical (unpaired) electrons. The van der Waals surface area contributed by atoms with E-state index >= 15 is 0 Å². The minimum absolute atomic E-state index is 0.0477. The molecule has 0 unspecified atom stereocenters. The van der Waals surface area contributed by atoms with E-state index in [-0.39, 0.29) is 16.0 Å². The number of aromatic nitrogens is 1. The van der Waals surface area contributed by atoms with Crippen molar-refractivity contribution in [2.75, 3.05) is 17.8 Å². The first-order valence-electron chi connectivity index (χ1n) is 6.42. The van der Waals surface area contributed by atoms with Crippen molar-refractivity contribution in [3.63, 3.8) is 0 Å². The number of rotatable bonds is 7. The van der Waals surface area contributed by atoms with E-state index in [0.717, 1.165) is 12.8 Å². The van der Waals surface area contributed by atoms with E-state index in [1.54, 1.807) is 13.0 Å². The van der Waals surface area contributed by atoms with Crippen LogP contribution in [-0.4, -0.2) is 30.8 Å². The fourth-order valence-electron chi connectivity index (χ4n) is 1.76. The highest BCUT2D eigenvalue weighted by Gasteiger charge is 2.22. The summed E-state index contributed by atoms with van der Waals surface area (Å²) >= 11 is 11.7. The van der Waals surface area contributed by atoms with Crippen molar-refractivity contribution in [3.05, 3.63) is 21.9 Å². The Labute approximate surface area is 130 Å². The average Bonchev–Trinajstić information content (AvgIpc) is 2.33. The molecule has 1 aromatic rings. The Balaban J connectivity index is 3.06. The van der Waals surface area contributed by atoms with Gasteiger partial charge in [-0.05, 0) is 31.4 Å². The number of hydrogen-bond acceptors (Lipinski definition) is 3. The van der Waals surface area contributed by atoms with Crippen LogP contribution in [0.1, 0.15) is 32.3 Å². The summed E-state index contributed by atoms with van der Waals surface area (Å²) < 4.78 is 28.6. The maximum Gasteiger partial charge on any atom is 0.301 e. The summed E-state index contributed by atoms with van der Waals surface area (Å²) in [5.41, 5.74) is 0.903. The predicted octanol–water partition coefficient (Wildman–Crippen LogP) is 3.48. The van der Waals surface area contributed by atoms with E-state index in [4.69, 9.17) is 23.2 Å². The predicted molar refractivity (Wildman–Crippen MR) is 83.7 cm³/mol. The van der Waals surface area contributed by atoms with Gasteiger partial charge in [-0.2, -0.15) is 12.7 Å². The molecule has 0 saturated carbocycles. The summed E-state index contributed by atoms with van der Waals surface area (Å²) in [4.78, 5) is 3.86. The fourth-order valence-corrected chi connectivity index (χ4v) is 3.89. The Kier molecular flexibility index (Phi) is 6.51. The minimum atomic E-state index is -3.64. The lowest BCUT2D eigenvalue weighted by Gasteiger charge is -2.22. The molecule has 5 nitrogen and oxygen atoms in total. The molecule has 1 heterocycles. The van der Waals surface area contributed by atoms with Crippen molar-refractivity contribution < 1.29 is 8.42 Å². The Morgan fingerprint density at radius 2 is 1.80 bits per heavy atom. The highest BCUT2D eigenvalue weighted by molar-refractivity contribution is 7.90. The van der Waals surface area contributed by atoms with Gasteiger partial charge in [0, 0.05) is 13.1 Å². The molecule has 114 valence electrons. The molecule has 8 heteroatoms. The molecule has 0 saturated heterocycles.